The van der Waals surface area contributed by atoms with E-state index in [9.17, 15) is 25.0 Å². The maximum atomic E-state index is 13.9. The molecule has 0 aliphatic carbocycles. The molecule has 4 aromatic carbocycles. The first kappa shape index (κ1) is 32.8. The van der Waals surface area contributed by atoms with E-state index in [-0.39, 0.29) is 40.4 Å². The van der Waals surface area contributed by atoms with Gasteiger partial charge in [-0.3, -0.25) is 25.0 Å². The zero-order valence-corrected chi connectivity index (χ0v) is 26.7. The standard InChI is InChI=1S/C34H30ClN5O7/c1-5-46-31-13-21(4)28(17-27(31)20(2)3)33-37-29-12-7-6-11-26(29)34(41)38(33)36-18-23-15-24(35)16-30(40(44)45)32(23)47-19-22-9-8-10-25(14-22)39(42)43/h6-18,20H,5,19H2,1-4H3. The molecule has 0 bridgehead atoms. The topological polar surface area (TPSA) is 152 Å². The van der Waals surface area contributed by atoms with Crippen LogP contribution in [-0.2, 0) is 6.61 Å². The first-order valence-electron chi connectivity index (χ1n) is 14.7. The summed E-state index contributed by atoms with van der Waals surface area (Å²) < 4.78 is 12.9. The number of hydrogen-bond donors (Lipinski definition) is 0. The van der Waals surface area contributed by atoms with Gasteiger partial charge in [-0.05, 0) is 66.8 Å². The summed E-state index contributed by atoms with van der Waals surface area (Å²) in [5, 5.41) is 28.2. The molecule has 1 heterocycles. The van der Waals surface area contributed by atoms with Gasteiger partial charge in [0.05, 0.1) is 33.6 Å². The molecule has 0 N–H and O–H groups in total. The highest BCUT2D eigenvalue weighted by molar-refractivity contribution is 6.31. The highest BCUT2D eigenvalue weighted by atomic mass is 35.5. The van der Waals surface area contributed by atoms with Gasteiger partial charge in [0.2, 0.25) is 5.75 Å². The third kappa shape index (κ3) is 6.97. The third-order valence-corrected chi connectivity index (χ3v) is 7.57. The summed E-state index contributed by atoms with van der Waals surface area (Å²) in [6.07, 6.45) is 1.25. The monoisotopic (exact) mass is 655 g/mol. The first-order valence-corrected chi connectivity index (χ1v) is 15.0. The average molecular weight is 656 g/mol. The van der Waals surface area contributed by atoms with Crippen LogP contribution in [0, 0.1) is 27.2 Å². The summed E-state index contributed by atoms with van der Waals surface area (Å²) in [6, 6.07) is 19.0. The largest absolute Gasteiger partial charge is 0.494 e. The van der Waals surface area contributed by atoms with E-state index < -0.39 is 21.1 Å². The number of fused-ring (bicyclic) bond motifs is 1. The Bertz CT molecular complexity index is 2110. The lowest BCUT2D eigenvalue weighted by Gasteiger charge is -2.18. The number of nitro benzene ring substituents is 2. The van der Waals surface area contributed by atoms with E-state index in [2.05, 4.69) is 5.10 Å². The van der Waals surface area contributed by atoms with Crippen molar-refractivity contribution in [2.45, 2.75) is 40.2 Å². The number of aromatic nitrogens is 2. The van der Waals surface area contributed by atoms with E-state index in [1.165, 1.54) is 30.5 Å². The summed E-state index contributed by atoms with van der Waals surface area (Å²) in [5.41, 5.74) is 2.29. The molecule has 5 aromatic rings. The Morgan fingerprint density at radius 2 is 1.77 bits per heavy atom. The molecule has 0 unspecified atom stereocenters. The Hall–Kier alpha value is -5.62. The minimum Gasteiger partial charge on any atom is -0.494 e. The Morgan fingerprint density at radius 1 is 1.00 bits per heavy atom. The lowest BCUT2D eigenvalue weighted by Crippen LogP contribution is -2.21. The minimum atomic E-state index is -0.655. The van der Waals surface area contributed by atoms with Gasteiger partial charge in [-0.2, -0.15) is 9.78 Å². The van der Waals surface area contributed by atoms with Gasteiger partial charge in [0.15, 0.2) is 5.82 Å². The highest BCUT2D eigenvalue weighted by Gasteiger charge is 2.23. The van der Waals surface area contributed by atoms with Gasteiger partial charge in [-0.25, -0.2) is 4.98 Å². The molecule has 12 nitrogen and oxygen atoms in total. The number of benzene rings is 4. The highest BCUT2D eigenvalue weighted by Crippen LogP contribution is 2.36. The Balaban J connectivity index is 1.68. The van der Waals surface area contributed by atoms with Gasteiger partial charge in [-0.1, -0.05) is 49.7 Å². The fourth-order valence-electron chi connectivity index (χ4n) is 5.10. The molecule has 5 rings (SSSR count). The summed E-state index contributed by atoms with van der Waals surface area (Å²) in [5.74, 6) is 0.900. The van der Waals surface area contributed by atoms with Crippen molar-refractivity contribution < 1.29 is 19.3 Å². The average Bonchev–Trinajstić information content (AvgIpc) is 3.03. The maximum Gasteiger partial charge on any atom is 0.313 e. The van der Waals surface area contributed by atoms with Crippen LogP contribution in [0.5, 0.6) is 11.5 Å². The lowest BCUT2D eigenvalue weighted by molar-refractivity contribution is -0.386. The molecule has 0 atom stereocenters. The normalized spacial score (nSPS) is 11.4. The molecule has 0 spiro atoms. The van der Waals surface area contributed by atoms with Crippen LogP contribution < -0.4 is 15.0 Å². The first-order chi connectivity index (χ1) is 22.5. The van der Waals surface area contributed by atoms with Crippen LogP contribution in [0.25, 0.3) is 22.3 Å². The van der Waals surface area contributed by atoms with Crippen molar-refractivity contribution in [2.75, 3.05) is 6.61 Å². The predicted molar refractivity (Wildman–Crippen MR) is 180 cm³/mol. The Labute approximate surface area is 274 Å². The third-order valence-electron chi connectivity index (χ3n) is 7.35. The molecule has 0 fully saturated rings. The molecular formula is C34H30ClN5O7. The van der Waals surface area contributed by atoms with Gasteiger partial charge in [0, 0.05) is 34.3 Å². The van der Waals surface area contributed by atoms with Crippen LogP contribution >= 0.6 is 11.6 Å². The Kier molecular flexibility index (Phi) is 9.62. The molecule has 47 heavy (non-hydrogen) atoms. The summed E-state index contributed by atoms with van der Waals surface area (Å²) in [4.78, 5) is 40.9. The van der Waals surface area contributed by atoms with Crippen molar-refractivity contribution in [3.63, 3.8) is 0 Å². The molecule has 0 aliphatic heterocycles. The fraction of sp³-hybridized carbons (Fsp3) is 0.206. The number of aryl methyl sites for hydroxylation is 1. The van der Waals surface area contributed by atoms with E-state index >= 15 is 0 Å². The summed E-state index contributed by atoms with van der Waals surface area (Å²) >= 11 is 6.28. The molecule has 240 valence electrons. The number of rotatable bonds is 11. The number of ether oxygens (including phenoxy) is 2. The number of nitrogens with zero attached hydrogens (tertiary/aromatic N) is 5. The summed E-state index contributed by atoms with van der Waals surface area (Å²) in [7, 11) is 0. The van der Waals surface area contributed by atoms with Crippen LogP contribution in [0.15, 0.2) is 82.7 Å². The van der Waals surface area contributed by atoms with Crippen molar-refractivity contribution in [3.8, 4) is 22.9 Å². The van der Waals surface area contributed by atoms with Crippen molar-refractivity contribution >= 4 is 40.1 Å². The van der Waals surface area contributed by atoms with Crippen molar-refractivity contribution in [2.24, 2.45) is 5.10 Å². The van der Waals surface area contributed by atoms with E-state index in [0.717, 1.165) is 27.6 Å². The zero-order valence-electron chi connectivity index (χ0n) is 26.0. The van der Waals surface area contributed by atoms with Gasteiger partial charge >= 0.3 is 5.69 Å². The molecule has 0 radical (unpaired) electrons. The minimum absolute atomic E-state index is 0.0361. The SMILES string of the molecule is CCOc1cc(C)c(-c2nc3ccccc3c(=O)n2N=Cc2cc(Cl)cc([N+](=O)[O-])c2OCc2cccc([N+](=O)[O-])c2)cc1C(C)C. The number of para-hydroxylation sites is 1. The van der Waals surface area contributed by atoms with Crippen LogP contribution in [0.2, 0.25) is 5.02 Å². The van der Waals surface area contributed by atoms with Gasteiger partial charge in [-0.15, -0.1) is 0 Å². The van der Waals surface area contributed by atoms with E-state index in [0.29, 0.717) is 28.6 Å². The second-order valence-corrected chi connectivity index (χ2v) is 11.4. The molecule has 1 aromatic heterocycles. The van der Waals surface area contributed by atoms with Gasteiger partial charge in [0.25, 0.3) is 11.2 Å². The summed E-state index contributed by atoms with van der Waals surface area (Å²) in [6.45, 7) is 8.13. The molecule has 0 saturated heterocycles. The number of hydrogen-bond acceptors (Lipinski definition) is 9. The molecule has 0 aliphatic rings. The maximum absolute atomic E-state index is 13.9. The lowest BCUT2D eigenvalue weighted by atomic mass is 9.96. The van der Waals surface area contributed by atoms with Gasteiger partial charge < -0.3 is 9.47 Å². The quantitative estimate of drug-likeness (QED) is 0.0793. The van der Waals surface area contributed by atoms with Crippen LogP contribution in [0.1, 0.15) is 48.9 Å². The molecular weight excluding hydrogens is 626 g/mol. The second kappa shape index (κ2) is 13.8. The van der Waals surface area contributed by atoms with Crippen molar-refractivity contribution in [1.82, 2.24) is 9.66 Å². The van der Waals surface area contributed by atoms with Crippen LogP contribution in [0.4, 0.5) is 11.4 Å². The Morgan fingerprint density at radius 3 is 2.47 bits per heavy atom. The number of non-ortho nitro benzene ring substituents is 1. The molecule has 0 amide bonds. The van der Waals surface area contributed by atoms with Crippen molar-refractivity contribution in [3.05, 3.63) is 131 Å². The number of nitro groups is 2. The van der Waals surface area contributed by atoms with Gasteiger partial charge in [0.1, 0.15) is 12.4 Å². The molecule has 13 heteroatoms. The van der Waals surface area contributed by atoms with Crippen LogP contribution in [-0.4, -0.2) is 32.3 Å². The number of halogens is 1. The van der Waals surface area contributed by atoms with E-state index in [1.54, 1.807) is 30.3 Å². The van der Waals surface area contributed by atoms with Crippen LogP contribution in [0.3, 0.4) is 0 Å². The fourth-order valence-corrected chi connectivity index (χ4v) is 5.32. The molecule has 0 saturated carbocycles. The zero-order chi connectivity index (χ0) is 33.8. The van der Waals surface area contributed by atoms with Crippen molar-refractivity contribution in [1.29, 1.82) is 0 Å². The smallest absolute Gasteiger partial charge is 0.313 e. The predicted octanol–water partition coefficient (Wildman–Crippen LogP) is 7.83. The van der Waals surface area contributed by atoms with E-state index in [4.69, 9.17) is 26.1 Å². The second-order valence-electron chi connectivity index (χ2n) is 10.9. The van der Waals surface area contributed by atoms with E-state index in [1.807, 2.05) is 39.8 Å².